The molecule has 3 aromatic rings. The van der Waals surface area contributed by atoms with Crippen molar-refractivity contribution in [1.82, 2.24) is 4.98 Å². The second kappa shape index (κ2) is 10.2. The highest BCUT2D eigenvalue weighted by Crippen LogP contribution is 2.46. The van der Waals surface area contributed by atoms with Gasteiger partial charge in [-0.25, -0.2) is 4.98 Å². The maximum atomic E-state index is 13.6. The number of hydrogen-bond donors (Lipinski definition) is 2. The number of rotatable bonds is 9. The standard InChI is InChI=1S/C24H28F3N3O3/c1-14-12-20(32-4)30-22-17(29-15(2)8-7-11-28)13-19(31-3)23(21(14)22)33-18-10-6-5-9-16(18)24(25,26)27/h5-6,9-10,12-13,15,29H,7-8,11,28H2,1-4H3. The molecule has 33 heavy (non-hydrogen) atoms. The Morgan fingerprint density at radius 1 is 1.09 bits per heavy atom. The second-order valence-electron chi connectivity index (χ2n) is 7.73. The Labute approximate surface area is 190 Å². The fourth-order valence-corrected chi connectivity index (χ4v) is 3.64. The summed E-state index contributed by atoms with van der Waals surface area (Å²) in [5, 5.41) is 3.94. The fourth-order valence-electron chi connectivity index (χ4n) is 3.64. The Balaban J connectivity index is 2.21. The number of nitrogens with zero attached hydrogens (tertiary/aromatic N) is 1. The summed E-state index contributed by atoms with van der Waals surface area (Å²) in [5.41, 5.74) is 6.63. The first-order valence-corrected chi connectivity index (χ1v) is 10.6. The molecule has 1 aromatic heterocycles. The topological polar surface area (TPSA) is 78.6 Å². The number of nitrogens with two attached hydrogens (primary N) is 1. The molecule has 178 valence electrons. The van der Waals surface area contributed by atoms with Crippen LogP contribution >= 0.6 is 0 Å². The number of pyridine rings is 1. The lowest BCUT2D eigenvalue weighted by molar-refractivity contribution is -0.138. The molecule has 0 aliphatic carbocycles. The van der Waals surface area contributed by atoms with Crippen molar-refractivity contribution in [2.75, 3.05) is 26.1 Å². The molecule has 0 radical (unpaired) electrons. The van der Waals surface area contributed by atoms with E-state index >= 15 is 0 Å². The van der Waals surface area contributed by atoms with E-state index < -0.39 is 11.7 Å². The summed E-state index contributed by atoms with van der Waals surface area (Å²) >= 11 is 0. The zero-order chi connectivity index (χ0) is 24.2. The van der Waals surface area contributed by atoms with E-state index in [1.165, 1.54) is 32.4 Å². The predicted octanol–water partition coefficient (Wildman–Crippen LogP) is 5.91. The zero-order valence-electron chi connectivity index (χ0n) is 19.0. The Morgan fingerprint density at radius 3 is 2.45 bits per heavy atom. The van der Waals surface area contributed by atoms with Crippen LogP contribution in [0.5, 0.6) is 23.1 Å². The smallest absolute Gasteiger partial charge is 0.419 e. The molecular formula is C24H28F3N3O3. The third-order valence-corrected chi connectivity index (χ3v) is 5.25. The van der Waals surface area contributed by atoms with Gasteiger partial charge in [0, 0.05) is 18.2 Å². The van der Waals surface area contributed by atoms with E-state index in [0.717, 1.165) is 18.9 Å². The highest BCUT2D eigenvalue weighted by Gasteiger charge is 2.35. The number of nitrogens with one attached hydrogen (secondary N) is 1. The number of hydrogen-bond acceptors (Lipinski definition) is 6. The number of aryl methyl sites for hydroxylation is 1. The van der Waals surface area contributed by atoms with E-state index in [9.17, 15) is 13.2 Å². The summed E-state index contributed by atoms with van der Waals surface area (Å²) in [6, 6.07) is 8.52. The number of alkyl halides is 3. The Bertz CT molecular complexity index is 1120. The molecule has 0 amide bonds. The van der Waals surface area contributed by atoms with Crippen molar-refractivity contribution < 1.29 is 27.4 Å². The molecule has 0 bridgehead atoms. The molecular weight excluding hydrogens is 435 g/mol. The van der Waals surface area contributed by atoms with Crippen LogP contribution in [0, 0.1) is 6.92 Å². The van der Waals surface area contributed by atoms with Crippen molar-refractivity contribution in [3.05, 3.63) is 47.5 Å². The van der Waals surface area contributed by atoms with Crippen molar-refractivity contribution in [3.63, 3.8) is 0 Å². The summed E-state index contributed by atoms with van der Waals surface area (Å²) in [6.45, 7) is 4.41. The molecule has 0 fully saturated rings. The minimum Gasteiger partial charge on any atom is -0.493 e. The molecule has 0 saturated heterocycles. The van der Waals surface area contributed by atoms with E-state index in [1.807, 2.05) is 13.8 Å². The van der Waals surface area contributed by atoms with E-state index in [0.29, 0.717) is 34.6 Å². The monoisotopic (exact) mass is 463 g/mol. The maximum Gasteiger partial charge on any atom is 0.419 e. The van der Waals surface area contributed by atoms with Crippen LogP contribution in [0.4, 0.5) is 18.9 Å². The van der Waals surface area contributed by atoms with Gasteiger partial charge in [0.1, 0.15) is 11.3 Å². The minimum absolute atomic E-state index is 0.0764. The first-order valence-electron chi connectivity index (χ1n) is 10.6. The number of benzene rings is 2. The van der Waals surface area contributed by atoms with Crippen molar-refractivity contribution >= 4 is 16.6 Å². The van der Waals surface area contributed by atoms with E-state index in [-0.39, 0.29) is 23.3 Å². The summed E-state index contributed by atoms with van der Waals surface area (Å²) < 4.78 is 57.5. The van der Waals surface area contributed by atoms with E-state index in [4.69, 9.17) is 19.9 Å². The molecule has 9 heteroatoms. The summed E-state index contributed by atoms with van der Waals surface area (Å²) in [7, 11) is 2.95. The molecule has 0 aliphatic heterocycles. The van der Waals surface area contributed by atoms with Crippen LogP contribution in [0.2, 0.25) is 0 Å². The lowest BCUT2D eigenvalue weighted by atomic mass is 10.1. The molecule has 1 heterocycles. The van der Waals surface area contributed by atoms with Crippen LogP contribution in [0.3, 0.4) is 0 Å². The quantitative estimate of drug-likeness (QED) is 0.411. The average Bonchev–Trinajstić information content (AvgIpc) is 2.78. The largest absolute Gasteiger partial charge is 0.493 e. The average molecular weight is 464 g/mol. The molecule has 3 N–H and O–H groups in total. The number of aromatic nitrogens is 1. The van der Waals surface area contributed by atoms with Gasteiger partial charge in [-0.05, 0) is 50.9 Å². The molecule has 3 rings (SSSR count). The van der Waals surface area contributed by atoms with Crippen molar-refractivity contribution in [2.45, 2.75) is 38.9 Å². The molecule has 1 atom stereocenters. The van der Waals surface area contributed by atoms with Crippen LogP contribution < -0.4 is 25.3 Å². The highest BCUT2D eigenvalue weighted by molar-refractivity contribution is 6.00. The second-order valence-corrected chi connectivity index (χ2v) is 7.73. The zero-order valence-corrected chi connectivity index (χ0v) is 19.0. The number of para-hydroxylation sites is 1. The van der Waals surface area contributed by atoms with Gasteiger partial charge in [0.2, 0.25) is 5.88 Å². The highest BCUT2D eigenvalue weighted by atomic mass is 19.4. The first kappa shape index (κ1) is 24.4. The van der Waals surface area contributed by atoms with Crippen molar-refractivity contribution in [1.29, 1.82) is 0 Å². The number of halogens is 3. The maximum absolute atomic E-state index is 13.6. The van der Waals surface area contributed by atoms with E-state index in [2.05, 4.69) is 10.3 Å². The van der Waals surface area contributed by atoms with Gasteiger partial charge in [-0.15, -0.1) is 0 Å². The lowest BCUT2D eigenvalue weighted by Crippen LogP contribution is -2.17. The van der Waals surface area contributed by atoms with Gasteiger partial charge in [0.15, 0.2) is 11.5 Å². The molecule has 0 aliphatic rings. The molecule has 2 aromatic carbocycles. The number of methoxy groups -OCH3 is 2. The van der Waals surface area contributed by atoms with Crippen LogP contribution in [0.25, 0.3) is 10.9 Å². The van der Waals surface area contributed by atoms with Gasteiger partial charge in [-0.2, -0.15) is 13.2 Å². The molecule has 1 unspecified atom stereocenters. The van der Waals surface area contributed by atoms with E-state index in [1.54, 1.807) is 12.1 Å². The van der Waals surface area contributed by atoms with Crippen LogP contribution in [-0.4, -0.2) is 31.8 Å². The van der Waals surface area contributed by atoms with Crippen LogP contribution in [-0.2, 0) is 6.18 Å². The van der Waals surface area contributed by atoms with Crippen LogP contribution in [0.15, 0.2) is 36.4 Å². The lowest BCUT2D eigenvalue weighted by Gasteiger charge is -2.22. The van der Waals surface area contributed by atoms with Crippen molar-refractivity contribution in [3.8, 4) is 23.1 Å². The molecule has 0 spiro atoms. The van der Waals surface area contributed by atoms with Gasteiger partial charge in [-0.3, -0.25) is 0 Å². The Kier molecular flexibility index (Phi) is 7.53. The van der Waals surface area contributed by atoms with Crippen molar-refractivity contribution in [2.24, 2.45) is 5.73 Å². The normalized spacial score (nSPS) is 12.5. The molecule has 0 saturated carbocycles. The Hall–Kier alpha value is -3.20. The van der Waals surface area contributed by atoms with Gasteiger partial charge < -0.3 is 25.3 Å². The number of fused-ring (bicyclic) bond motifs is 1. The summed E-state index contributed by atoms with van der Waals surface area (Å²) in [6.07, 6.45) is -2.90. The number of anilines is 1. The van der Waals surface area contributed by atoms with Crippen LogP contribution in [0.1, 0.15) is 30.9 Å². The minimum atomic E-state index is -4.57. The predicted molar refractivity (Wildman–Crippen MR) is 122 cm³/mol. The third kappa shape index (κ3) is 5.42. The van der Waals surface area contributed by atoms with Gasteiger partial charge in [-0.1, -0.05) is 12.1 Å². The SMILES string of the molecule is COc1cc(C)c2c(Oc3ccccc3C(F)(F)F)c(OC)cc(NC(C)CCCN)c2n1. The van der Waals surface area contributed by atoms with Gasteiger partial charge in [0.05, 0.1) is 30.9 Å². The van der Waals surface area contributed by atoms with Gasteiger partial charge in [0.25, 0.3) is 0 Å². The third-order valence-electron chi connectivity index (χ3n) is 5.25. The first-order chi connectivity index (χ1) is 15.7. The number of ether oxygens (including phenoxy) is 3. The Morgan fingerprint density at radius 2 is 1.82 bits per heavy atom. The summed E-state index contributed by atoms with van der Waals surface area (Å²) in [4.78, 5) is 4.57. The van der Waals surface area contributed by atoms with Gasteiger partial charge >= 0.3 is 6.18 Å². The summed E-state index contributed by atoms with van der Waals surface area (Å²) in [5.74, 6) is 0.487. The molecule has 6 nitrogen and oxygen atoms in total. The fraction of sp³-hybridized carbons (Fsp3) is 0.375.